The SMILES string of the molecule is Cc1nc(C2(NC(=O)CCNC(=O)[C@@H]3C[C@@H]3C)CCCCCC2)no1. The minimum absolute atomic E-state index is 0.0678. The predicted octanol–water partition coefficient (Wildman–Crippen LogP) is 2.21. The third kappa shape index (κ3) is 4.38. The van der Waals surface area contributed by atoms with E-state index in [9.17, 15) is 9.59 Å². The monoisotopic (exact) mass is 348 g/mol. The molecule has 2 aliphatic rings. The molecule has 25 heavy (non-hydrogen) atoms. The van der Waals surface area contributed by atoms with E-state index in [0.29, 0.717) is 24.2 Å². The smallest absolute Gasteiger partial charge is 0.223 e. The molecule has 2 aliphatic carbocycles. The van der Waals surface area contributed by atoms with Gasteiger partial charge in [-0.25, -0.2) is 0 Å². The molecule has 0 unspecified atom stereocenters. The van der Waals surface area contributed by atoms with E-state index in [1.807, 2.05) is 0 Å². The van der Waals surface area contributed by atoms with Gasteiger partial charge in [-0.15, -0.1) is 0 Å². The average Bonchev–Trinajstić information content (AvgIpc) is 3.22. The average molecular weight is 348 g/mol. The number of carbonyl (C=O) groups excluding carboxylic acids is 2. The highest BCUT2D eigenvalue weighted by Crippen LogP contribution is 2.37. The van der Waals surface area contributed by atoms with E-state index in [-0.39, 0.29) is 24.2 Å². The van der Waals surface area contributed by atoms with E-state index >= 15 is 0 Å². The van der Waals surface area contributed by atoms with E-state index in [0.717, 1.165) is 44.9 Å². The van der Waals surface area contributed by atoms with Crippen molar-refractivity contribution in [3.8, 4) is 0 Å². The third-order valence-electron chi connectivity index (χ3n) is 5.39. The first kappa shape index (κ1) is 17.9. The summed E-state index contributed by atoms with van der Waals surface area (Å²) in [6.07, 6.45) is 7.25. The fourth-order valence-corrected chi connectivity index (χ4v) is 3.68. The molecule has 1 heterocycles. The van der Waals surface area contributed by atoms with Crippen LogP contribution >= 0.6 is 0 Å². The summed E-state index contributed by atoms with van der Waals surface area (Å²) in [4.78, 5) is 28.7. The van der Waals surface area contributed by atoms with Gasteiger partial charge >= 0.3 is 0 Å². The summed E-state index contributed by atoms with van der Waals surface area (Å²) in [5, 5.41) is 10.1. The van der Waals surface area contributed by atoms with Crippen molar-refractivity contribution in [2.45, 2.75) is 70.8 Å². The highest BCUT2D eigenvalue weighted by molar-refractivity contribution is 5.82. The van der Waals surface area contributed by atoms with Crippen molar-refractivity contribution in [3.05, 3.63) is 11.7 Å². The third-order valence-corrected chi connectivity index (χ3v) is 5.39. The van der Waals surface area contributed by atoms with E-state index in [1.54, 1.807) is 6.92 Å². The Bertz CT molecular complexity index is 620. The standard InChI is InChI=1S/C18H28N4O3/c1-12-11-14(12)16(24)19-10-7-15(23)21-18(8-5-3-4-6-9-18)17-20-13(2)25-22-17/h12,14H,3-11H2,1-2H3,(H,19,24)(H,21,23)/t12-,14+/m0/s1. The minimum atomic E-state index is -0.541. The minimum Gasteiger partial charge on any atom is -0.355 e. The van der Waals surface area contributed by atoms with Gasteiger partial charge in [-0.05, 0) is 25.2 Å². The zero-order valence-corrected chi connectivity index (χ0v) is 15.1. The lowest BCUT2D eigenvalue weighted by Gasteiger charge is -2.30. The van der Waals surface area contributed by atoms with Gasteiger partial charge in [-0.3, -0.25) is 9.59 Å². The van der Waals surface area contributed by atoms with Crippen LogP contribution in [-0.2, 0) is 15.1 Å². The van der Waals surface area contributed by atoms with Crippen LogP contribution in [0.4, 0.5) is 0 Å². The van der Waals surface area contributed by atoms with Gasteiger partial charge in [0, 0.05) is 25.8 Å². The number of carbonyl (C=O) groups is 2. The number of nitrogens with one attached hydrogen (secondary N) is 2. The summed E-state index contributed by atoms with van der Waals surface area (Å²) < 4.78 is 5.15. The van der Waals surface area contributed by atoms with Gasteiger partial charge < -0.3 is 15.2 Å². The van der Waals surface area contributed by atoms with Crippen LogP contribution in [0.25, 0.3) is 0 Å². The van der Waals surface area contributed by atoms with Crippen molar-refractivity contribution in [1.82, 2.24) is 20.8 Å². The quantitative estimate of drug-likeness (QED) is 0.768. The first-order valence-electron chi connectivity index (χ1n) is 9.40. The maximum atomic E-state index is 12.5. The Balaban J connectivity index is 1.57. The van der Waals surface area contributed by atoms with Crippen LogP contribution < -0.4 is 10.6 Å². The summed E-state index contributed by atoms with van der Waals surface area (Å²) in [5.74, 6) is 1.70. The van der Waals surface area contributed by atoms with Crippen LogP contribution in [0.2, 0.25) is 0 Å². The predicted molar refractivity (Wildman–Crippen MR) is 91.5 cm³/mol. The number of nitrogens with zero attached hydrogens (tertiary/aromatic N) is 2. The highest BCUT2D eigenvalue weighted by Gasteiger charge is 2.40. The topological polar surface area (TPSA) is 97.1 Å². The fourth-order valence-electron chi connectivity index (χ4n) is 3.68. The van der Waals surface area contributed by atoms with Crippen molar-refractivity contribution in [2.24, 2.45) is 11.8 Å². The molecule has 2 atom stereocenters. The lowest BCUT2D eigenvalue weighted by Crippen LogP contribution is -2.47. The van der Waals surface area contributed by atoms with Crippen LogP contribution in [0.3, 0.4) is 0 Å². The number of amides is 2. The zero-order valence-electron chi connectivity index (χ0n) is 15.1. The van der Waals surface area contributed by atoms with Gasteiger partial charge in [0.05, 0.1) is 0 Å². The van der Waals surface area contributed by atoms with Crippen LogP contribution in [0.15, 0.2) is 4.52 Å². The Morgan fingerprint density at radius 3 is 2.48 bits per heavy atom. The molecule has 7 nitrogen and oxygen atoms in total. The molecule has 2 N–H and O–H groups in total. The normalized spacial score (nSPS) is 25.0. The highest BCUT2D eigenvalue weighted by atomic mass is 16.5. The Kier molecular flexibility index (Phi) is 5.39. The van der Waals surface area contributed by atoms with Crippen molar-refractivity contribution < 1.29 is 14.1 Å². The molecule has 1 aromatic rings. The molecule has 138 valence electrons. The first-order chi connectivity index (χ1) is 12.0. The molecular weight excluding hydrogens is 320 g/mol. The fraction of sp³-hybridized carbons (Fsp3) is 0.778. The summed E-state index contributed by atoms with van der Waals surface area (Å²) in [6, 6.07) is 0. The molecule has 0 aliphatic heterocycles. The Labute approximate surface area is 148 Å². The Morgan fingerprint density at radius 2 is 1.92 bits per heavy atom. The molecule has 2 fully saturated rings. The maximum absolute atomic E-state index is 12.5. The van der Waals surface area contributed by atoms with Gasteiger partial charge in [0.1, 0.15) is 5.54 Å². The molecule has 7 heteroatoms. The molecule has 0 aromatic carbocycles. The first-order valence-corrected chi connectivity index (χ1v) is 9.40. The lowest BCUT2D eigenvalue weighted by atomic mass is 9.89. The lowest BCUT2D eigenvalue weighted by molar-refractivity contribution is -0.124. The van der Waals surface area contributed by atoms with Crippen molar-refractivity contribution >= 4 is 11.8 Å². The second-order valence-electron chi connectivity index (χ2n) is 7.54. The second kappa shape index (κ2) is 7.54. The van der Waals surface area contributed by atoms with Gasteiger partial charge in [0.25, 0.3) is 0 Å². The molecule has 0 spiro atoms. The van der Waals surface area contributed by atoms with Crippen LogP contribution in [-0.4, -0.2) is 28.5 Å². The summed E-state index contributed by atoms with van der Waals surface area (Å²) in [6.45, 7) is 4.20. The molecular formula is C18H28N4O3. The largest absolute Gasteiger partial charge is 0.355 e. The van der Waals surface area contributed by atoms with Gasteiger partial charge in [0.2, 0.25) is 17.7 Å². The molecule has 1 aromatic heterocycles. The molecule has 3 rings (SSSR count). The molecule has 0 bridgehead atoms. The summed E-state index contributed by atoms with van der Waals surface area (Å²) in [7, 11) is 0. The Morgan fingerprint density at radius 1 is 1.24 bits per heavy atom. The Hall–Kier alpha value is -1.92. The van der Waals surface area contributed by atoms with Crippen molar-refractivity contribution in [1.29, 1.82) is 0 Å². The van der Waals surface area contributed by atoms with Crippen molar-refractivity contribution in [2.75, 3.05) is 6.54 Å². The van der Waals surface area contributed by atoms with E-state index in [2.05, 4.69) is 27.7 Å². The van der Waals surface area contributed by atoms with E-state index in [1.165, 1.54) is 0 Å². The number of hydrogen-bond acceptors (Lipinski definition) is 5. The van der Waals surface area contributed by atoms with Gasteiger partial charge in [-0.2, -0.15) is 4.98 Å². The van der Waals surface area contributed by atoms with Crippen LogP contribution in [0, 0.1) is 18.8 Å². The molecule has 2 saturated carbocycles. The number of hydrogen-bond donors (Lipinski definition) is 2. The van der Waals surface area contributed by atoms with Gasteiger partial charge in [0.15, 0.2) is 5.82 Å². The van der Waals surface area contributed by atoms with Crippen LogP contribution in [0.5, 0.6) is 0 Å². The van der Waals surface area contributed by atoms with Crippen molar-refractivity contribution in [3.63, 3.8) is 0 Å². The van der Waals surface area contributed by atoms with E-state index < -0.39 is 5.54 Å². The molecule has 0 radical (unpaired) electrons. The van der Waals surface area contributed by atoms with Gasteiger partial charge in [-0.1, -0.05) is 37.8 Å². The maximum Gasteiger partial charge on any atom is 0.223 e. The number of aromatic nitrogens is 2. The molecule has 0 saturated heterocycles. The number of aryl methyl sites for hydroxylation is 1. The second-order valence-corrected chi connectivity index (χ2v) is 7.54. The summed E-state index contributed by atoms with van der Waals surface area (Å²) >= 11 is 0. The van der Waals surface area contributed by atoms with E-state index in [4.69, 9.17) is 4.52 Å². The zero-order chi connectivity index (χ0) is 17.9. The molecule has 2 amide bonds. The summed E-state index contributed by atoms with van der Waals surface area (Å²) in [5.41, 5.74) is -0.541. The number of rotatable bonds is 6. The van der Waals surface area contributed by atoms with Crippen LogP contribution in [0.1, 0.15) is 70.0 Å².